The van der Waals surface area contributed by atoms with Gasteiger partial charge in [-0.25, -0.2) is 4.79 Å². The van der Waals surface area contributed by atoms with Crippen LogP contribution in [0.5, 0.6) is 0 Å². The summed E-state index contributed by atoms with van der Waals surface area (Å²) >= 11 is 1.67. The first-order chi connectivity index (χ1) is 7.13. The third kappa shape index (κ3) is 3.91. The largest absolute Gasteiger partial charge is 0.336 e. The highest BCUT2D eigenvalue weighted by atomic mass is 32.1. The Morgan fingerprint density at radius 1 is 1.47 bits per heavy atom. The molecule has 2 N–H and O–H groups in total. The molecule has 1 aromatic heterocycles. The Bertz CT molecular complexity index is 296. The lowest BCUT2D eigenvalue weighted by Gasteiger charge is -2.17. The predicted molar refractivity (Wildman–Crippen MR) is 64.2 cm³/mol. The number of carbonyl (C=O) groups excluding carboxylic acids is 1. The Hall–Kier alpha value is -1.03. The van der Waals surface area contributed by atoms with E-state index in [9.17, 15) is 4.79 Å². The number of carbonyl (C=O) groups is 1. The fourth-order valence-electron chi connectivity index (χ4n) is 1.33. The van der Waals surface area contributed by atoms with Crippen LogP contribution in [0.2, 0.25) is 0 Å². The van der Waals surface area contributed by atoms with E-state index in [1.54, 1.807) is 11.3 Å². The number of hydrogen-bond donors (Lipinski definition) is 2. The maximum atomic E-state index is 11.5. The van der Waals surface area contributed by atoms with Crippen LogP contribution < -0.4 is 10.6 Å². The van der Waals surface area contributed by atoms with Gasteiger partial charge in [0.2, 0.25) is 0 Å². The van der Waals surface area contributed by atoms with E-state index in [4.69, 9.17) is 0 Å². The highest BCUT2D eigenvalue weighted by Gasteiger charge is 2.13. The van der Waals surface area contributed by atoms with E-state index in [0.29, 0.717) is 0 Å². The molecule has 0 spiro atoms. The van der Waals surface area contributed by atoms with Crippen LogP contribution in [0.3, 0.4) is 0 Å². The third-order valence-corrected chi connectivity index (χ3v) is 3.01. The summed E-state index contributed by atoms with van der Waals surface area (Å²) in [6.07, 6.45) is 0.909. The summed E-state index contributed by atoms with van der Waals surface area (Å²) in [5, 5.41) is 7.81. The lowest BCUT2D eigenvalue weighted by Crippen LogP contribution is -2.40. The molecule has 2 amide bonds. The highest BCUT2D eigenvalue weighted by Crippen LogP contribution is 2.21. The van der Waals surface area contributed by atoms with Gasteiger partial charge in [0, 0.05) is 10.9 Å². The molecular formula is C11H18N2OS. The molecule has 0 bridgehead atoms. The van der Waals surface area contributed by atoms with Gasteiger partial charge in [-0.05, 0) is 31.7 Å². The van der Waals surface area contributed by atoms with Gasteiger partial charge in [-0.3, -0.25) is 0 Å². The maximum absolute atomic E-state index is 11.5. The quantitative estimate of drug-likeness (QED) is 0.814. The molecule has 0 saturated carbocycles. The van der Waals surface area contributed by atoms with Gasteiger partial charge in [0.1, 0.15) is 0 Å². The van der Waals surface area contributed by atoms with Crippen molar-refractivity contribution in [2.75, 3.05) is 0 Å². The van der Waals surface area contributed by atoms with Crippen molar-refractivity contribution in [1.29, 1.82) is 0 Å². The molecule has 4 heteroatoms. The predicted octanol–water partition coefficient (Wildman–Crippen LogP) is 2.91. The Labute approximate surface area is 94.9 Å². The van der Waals surface area contributed by atoms with Gasteiger partial charge in [-0.1, -0.05) is 13.0 Å². The van der Waals surface area contributed by atoms with Crippen LogP contribution in [0.15, 0.2) is 17.5 Å². The van der Waals surface area contributed by atoms with Crippen molar-refractivity contribution in [3.05, 3.63) is 22.4 Å². The first kappa shape index (κ1) is 12.0. The Morgan fingerprint density at radius 2 is 2.20 bits per heavy atom. The summed E-state index contributed by atoms with van der Waals surface area (Å²) < 4.78 is 0. The number of rotatable bonds is 4. The molecule has 0 aliphatic rings. The summed E-state index contributed by atoms with van der Waals surface area (Å²) in [4.78, 5) is 12.7. The van der Waals surface area contributed by atoms with Crippen molar-refractivity contribution in [3.63, 3.8) is 0 Å². The van der Waals surface area contributed by atoms with Crippen LogP contribution in [-0.4, -0.2) is 12.1 Å². The van der Waals surface area contributed by atoms with Gasteiger partial charge in [0.25, 0.3) is 0 Å². The first-order valence-electron chi connectivity index (χ1n) is 5.24. The van der Waals surface area contributed by atoms with Crippen LogP contribution in [0.25, 0.3) is 0 Å². The van der Waals surface area contributed by atoms with E-state index in [-0.39, 0.29) is 18.1 Å². The van der Waals surface area contributed by atoms with Crippen molar-refractivity contribution in [2.45, 2.75) is 39.3 Å². The molecule has 15 heavy (non-hydrogen) atoms. The molecule has 0 radical (unpaired) electrons. The molecular weight excluding hydrogens is 208 g/mol. The Morgan fingerprint density at radius 3 is 2.67 bits per heavy atom. The van der Waals surface area contributed by atoms with Crippen molar-refractivity contribution in [3.8, 4) is 0 Å². The number of thiophene rings is 1. The van der Waals surface area contributed by atoms with Crippen LogP contribution in [0, 0.1) is 0 Å². The van der Waals surface area contributed by atoms with E-state index in [1.807, 2.05) is 25.3 Å². The van der Waals surface area contributed by atoms with E-state index in [2.05, 4.69) is 23.6 Å². The summed E-state index contributed by atoms with van der Waals surface area (Å²) in [6, 6.07) is 4.26. The average Bonchev–Trinajstić information content (AvgIpc) is 2.65. The van der Waals surface area contributed by atoms with Crippen LogP contribution in [0.4, 0.5) is 4.79 Å². The minimum Gasteiger partial charge on any atom is -0.336 e. The van der Waals surface area contributed by atoms with Crippen molar-refractivity contribution >= 4 is 17.4 Å². The molecule has 1 rings (SSSR count). The molecule has 1 atom stereocenters. The zero-order valence-electron chi connectivity index (χ0n) is 9.41. The number of nitrogens with one attached hydrogen (secondary N) is 2. The molecule has 0 aliphatic heterocycles. The molecule has 3 nitrogen and oxygen atoms in total. The minimum atomic E-state index is -0.0924. The van der Waals surface area contributed by atoms with Gasteiger partial charge < -0.3 is 10.6 Å². The Kier molecular flexibility index (Phi) is 4.62. The number of hydrogen-bond acceptors (Lipinski definition) is 2. The minimum absolute atomic E-state index is 0.0924. The van der Waals surface area contributed by atoms with Crippen LogP contribution in [0.1, 0.15) is 38.1 Å². The van der Waals surface area contributed by atoms with E-state index in [1.165, 1.54) is 4.88 Å². The highest BCUT2D eigenvalue weighted by molar-refractivity contribution is 7.10. The first-order valence-corrected chi connectivity index (χ1v) is 6.12. The van der Waals surface area contributed by atoms with Gasteiger partial charge in [-0.15, -0.1) is 11.3 Å². The fraction of sp³-hybridized carbons (Fsp3) is 0.545. The molecule has 0 fully saturated rings. The SMILES string of the molecule is CCC(NC(=O)NC(C)C)c1cccs1. The smallest absolute Gasteiger partial charge is 0.315 e. The summed E-state index contributed by atoms with van der Waals surface area (Å²) in [7, 11) is 0. The molecule has 0 aromatic carbocycles. The van der Waals surface area contributed by atoms with Crippen molar-refractivity contribution in [1.82, 2.24) is 10.6 Å². The molecule has 84 valence electrons. The summed E-state index contributed by atoms with van der Waals surface area (Å²) in [5.41, 5.74) is 0. The third-order valence-electron chi connectivity index (χ3n) is 2.02. The molecule has 1 heterocycles. The van der Waals surface area contributed by atoms with E-state index >= 15 is 0 Å². The lowest BCUT2D eigenvalue weighted by atomic mass is 10.2. The van der Waals surface area contributed by atoms with Crippen molar-refractivity contribution in [2.24, 2.45) is 0 Å². The second kappa shape index (κ2) is 5.75. The normalized spacial score (nSPS) is 12.5. The second-order valence-electron chi connectivity index (χ2n) is 3.75. The average molecular weight is 226 g/mol. The maximum Gasteiger partial charge on any atom is 0.315 e. The lowest BCUT2D eigenvalue weighted by molar-refractivity contribution is 0.234. The van der Waals surface area contributed by atoms with Crippen molar-refractivity contribution < 1.29 is 4.79 Å². The van der Waals surface area contributed by atoms with E-state index in [0.717, 1.165) is 6.42 Å². The zero-order valence-corrected chi connectivity index (χ0v) is 10.2. The second-order valence-corrected chi connectivity index (χ2v) is 4.73. The number of urea groups is 1. The Balaban J connectivity index is 2.51. The monoisotopic (exact) mass is 226 g/mol. The van der Waals surface area contributed by atoms with Gasteiger partial charge in [0.15, 0.2) is 0 Å². The zero-order chi connectivity index (χ0) is 11.3. The standard InChI is InChI=1S/C11H18N2OS/c1-4-9(10-6-5-7-15-10)13-11(14)12-8(2)3/h5-9H,4H2,1-3H3,(H2,12,13,14). The molecule has 0 saturated heterocycles. The topological polar surface area (TPSA) is 41.1 Å². The molecule has 1 aromatic rings. The molecule has 1 unspecified atom stereocenters. The van der Waals surface area contributed by atoms with Gasteiger partial charge in [-0.2, -0.15) is 0 Å². The van der Waals surface area contributed by atoms with E-state index < -0.39 is 0 Å². The van der Waals surface area contributed by atoms with Crippen LogP contribution >= 0.6 is 11.3 Å². The molecule has 0 aliphatic carbocycles. The summed E-state index contributed by atoms with van der Waals surface area (Å²) in [5.74, 6) is 0. The number of amides is 2. The van der Waals surface area contributed by atoms with Gasteiger partial charge in [0.05, 0.1) is 6.04 Å². The van der Waals surface area contributed by atoms with Crippen LogP contribution in [-0.2, 0) is 0 Å². The summed E-state index contributed by atoms with van der Waals surface area (Å²) in [6.45, 7) is 5.97. The fourth-order valence-corrected chi connectivity index (χ4v) is 2.19. The van der Waals surface area contributed by atoms with Gasteiger partial charge >= 0.3 is 6.03 Å².